The Kier molecular flexibility index (Phi) is 3.28. The second kappa shape index (κ2) is 4.87. The molecule has 0 aromatic carbocycles. The van der Waals surface area contributed by atoms with E-state index in [4.69, 9.17) is 22.1 Å². The summed E-state index contributed by atoms with van der Waals surface area (Å²) in [4.78, 5) is 12.0. The lowest BCUT2D eigenvalue weighted by Crippen LogP contribution is -2.00. The summed E-state index contributed by atoms with van der Waals surface area (Å²) in [6, 6.07) is 1.65. The monoisotopic (exact) mass is 236 g/mol. The molecule has 2 N–H and O–H groups in total. The van der Waals surface area contributed by atoms with Crippen molar-refractivity contribution in [3.63, 3.8) is 0 Å². The third-order valence-corrected chi connectivity index (χ3v) is 2.00. The van der Waals surface area contributed by atoms with Crippen molar-refractivity contribution in [2.45, 2.75) is 6.54 Å². The maximum absolute atomic E-state index is 5.76. The number of pyridine rings is 1. The summed E-state index contributed by atoms with van der Waals surface area (Å²) in [5, 5.41) is 0.504. The minimum absolute atomic E-state index is 0.353. The average Bonchev–Trinajstić information content (AvgIpc) is 2.30. The van der Waals surface area contributed by atoms with Crippen LogP contribution in [0.1, 0.15) is 5.69 Å². The zero-order chi connectivity index (χ0) is 11.4. The van der Waals surface area contributed by atoms with Crippen LogP contribution in [-0.4, -0.2) is 15.0 Å². The molecule has 5 nitrogen and oxygen atoms in total. The molecule has 2 aromatic rings. The molecule has 0 amide bonds. The van der Waals surface area contributed by atoms with E-state index in [9.17, 15) is 0 Å². The fourth-order valence-corrected chi connectivity index (χ4v) is 1.23. The Bertz CT molecular complexity index is 475. The molecule has 0 saturated heterocycles. The Morgan fingerprint density at radius 3 is 2.69 bits per heavy atom. The predicted octanol–water partition coefficient (Wildman–Crippen LogP) is 1.78. The van der Waals surface area contributed by atoms with E-state index in [-0.39, 0.29) is 0 Å². The summed E-state index contributed by atoms with van der Waals surface area (Å²) in [5.41, 5.74) is 6.11. The molecule has 0 spiro atoms. The Labute approximate surface area is 97.3 Å². The van der Waals surface area contributed by atoms with Gasteiger partial charge >= 0.3 is 0 Å². The second-order valence-electron chi connectivity index (χ2n) is 2.99. The number of rotatable bonds is 3. The van der Waals surface area contributed by atoms with E-state index in [2.05, 4.69) is 15.0 Å². The largest absolute Gasteiger partial charge is 0.436 e. The fourth-order valence-electron chi connectivity index (χ4n) is 1.07. The molecule has 0 atom stereocenters. The van der Waals surface area contributed by atoms with Gasteiger partial charge in [0.25, 0.3) is 0 Å². The van der Waals surface area contributed by atoms with Crippen LogP contribution in [0.3, 0.4) is 0 Å². The molecule has 0 unspecified atom stereocenters. The van der Waals surface area contributed by atoms with E-state index in [1.807, 2.05) is 0 Å². The molecule has 82 valence electrons. The van der Waals surface area contributed by atoms with Crippen LogP contribution in [0.25, 0.3) is 0 Å². The van der Waals surface area contributed by atoms with Crippen molar-refractivity contribution in [1.29, 1.82) is 0 Å². The van der Waals surface area contributed by atoms with Gasteiger partial charge in [0.15, 0.2) is 0 Å². The fraction of sp³-hybridized carbons (Fsp3) is 0.100. The highest BCUT2D eigenvalue weighted by Gasteiger charge is 2.00. The molecule has 16 heavy (non-hydrogen) atoms. The first-order chi connectivity index (χ1) is 7.78. The molecule has 0 radical (unpaired) electrons. The van der Waals surface area contributed by atoms with Gasteiger partial charge in [-0.3, -0.25) is 9.97 Å². The van der Waals surface area contributed by atoms with Gasteiger partial charge in [0, 0.05) is 18.8 Å². The first kappa shape index (κ1) is 10.8. The van der Waals surface area contributed by atoms with Crippen LogP contribution >= 0.6 is 11.6 Å². The zero-order valence-electron chi connectivity index (χ0n) is 8.30. The molecule has 0 saturated carbocycles. The highest BCUT2D eigenvalue weighted by molar-refractivity contribution is 6.30. The van der Waals surface area contributed by atoms with E-state index in [1.54, 1.807) is 18.5 Å². The van der Waals surface area contributed by atoms with Crippen molar-refractivity contribution in [2.24, 2.45) is 5.73 Å². The maximum atomic E-state index is 5.76. The number of nitrogens with two attached hydrogens (primary N) is 1. The molecule has 6 heteroatoms. The molecule has 2 rings (SSSR count). The Hall–Kier alpha value is -1.72. The first-order valence-electron chi connectivity index (χ1n) is 4.57. The SMILES string of the molecule is NCc1cnc(Oc2cncc(Cl)c2)cn1. The minimum atomic E-state index is 0.353. The Balaban J connectivity index is 2.14. The summed E-state index contributed by atoms with van der Waals surface area (Å²) >= 11 is 5.76. The first-order valence-corrected chi connectivity index (χ1v) is 4.95. The van der Waals surface area contributed by atoms with Gasteiger partial charge in [0.05, 0.1) is 29.3 Å². The van der Waals surface area contributed by atoms with Crippen LogP contribution in [0.5, 0.6) is 11.6 Å². The van der Waals surface area contributed by atoms with Crippen molar-refractivity contribution < 1.29 is 4.74 Å². The van der Waals surface area contributed by atoms with Crippen LogP contribution in [0.4, 0.5) is 0 Å². The van der Waals surface area contributed by atoms with E-state index < -0.39 is 0 Å². The molecule has 2 heterocycles. The summed E-state index contributed by atoms with van der Waals surface area (Å²) in [6.45, 7) is 0.353. The topological polar surface area (TPSA) is 73.9 Å². The molecule has 0 aliphatic heterocycles. The number of aromatic nitrogens is 3. The van der Waals surface area contributed by atoms with E-state index >= 15 is 0 Å². The van der Waals surface area contributed by atoms with Gasteiger partial charge in [0.2, 0.25) is 5.88 Å². The van der Waals surface area contributed by atoms with Gasteiger partial charge in [-0.15, -0.1) is 0 Å². The molecule has 0 fully saturated rings. The van der Waals surface area contributed by atoms with E-state index in [0.29, 0.717) is 28.9 Å². The van der Waals surface area contributed by atoms with E-state index in [0.717, 1.165) is 0 Å². The maximum Gasteiger partial charge on any atom is 0.237 e. The van der Waals surface area contributed by atoms with Gasteiger partial charge in [-0.05, 0) is 0 Å². The molecule has 2 aromatic heterocycles. The highest BCUT2D eigenvalue weighted by atomic mass is 35.5. The van der Waals surface area contributed by atoms with Crippen LogP contribution < -0.4 is 10.5 Å². The molecule has 0 aliphatic carbocycles. The summed E-state index contributed by atoms with van der Waals surface area (Å²) in [7, 11) is 0. The highest BCUT2D eigenvalue weighted by Crippen LogP contribution is 2.20. The third-order valence-electron chi connectivity index (χ3n) is 1.79. The van der Waals surface area contributed by atoms with Crippen LogP contribution in [-0.2, 0) is 6.54 Å². The van der Waals surface area contributed by atoms with Crippen LogP contribution in [0.2, 0.25) is 5.02 Å². The number of ether oxygens (including phenoxy) is 1. The van der Waals surface area contributed by atoms with Gasteiger partial charge in [-0.25, -0.2) is 4.98 Å². The van der Waals surface area contributed by atoms with E-state index in [1.165, 1.54) is 12.4 Å². The number of hydrogen-bond acceptors (Lipinski definition) is 5. The lowest BCUT2D eigenvalue weighted by Gasteiger charge is -2.04. The molecular weight excluding hydrogens is 228 g/mol. The predicted molar refractivity (Wildman–Crippen MR) is 59.2 cm³/mol. The Morgan fingerprint density at radius 2 is 2.06 bits per heavy atom. The van der Waals surface area contributed by atoms with Gasteiger partial charge in [-0.1, -0.05) is 11.6 Å². The summed E-state index contributed by atoms with van der Waals surface area (Å²) in [5.74, 6) is 0.892. The smallest absolute Gasteiger partial charge is 0.237 e. The number of halogens is 1. The van der Waals surface area contributed by atoms with Crippen molar-refractivity contribution in [3.8, 4) is 11.6 Å². The van der Waals surface area contributed by atoms with Gasteiger partial charge in [0.1, 0.15) is 5.75 Å². The van der Waals surface area contributed by atoms with Crippen molar-refractivity contribution in [2.75, 3.05) is 0 Å². The van der Waals surface area contributed by atoms with Crippen molar-refractivity contribution in [1.82, 2.24) is 15.0 Å². The number of nitrogens with zero attached hydrogens (tertiary/aromatic N) is 3. The van der Waals surface area contributed by atoms with Crippen molar-refractivity contribution >= 4 is 11.6 Å². The normalized spacial score (nSPS) is 10.1. The second-order valence-corrected chi connectivity index (χ2v) is 3.43. The van der Waals surface area contributed by atoms with Gasteiger partial charge in [-0.2, -0.15) is 0 Å². The van der Waals surface area contributed by atoms with Crippen molar-refractivity contribution in [3.05, 3.63) is 41.6 Å². The van der Waals surface area contributed by atoms with Crippen LogP contribution in [0.15, 0.2) is 30.9 Å². The summed E-state index contributed by atoms with van der Waals surface area (Å²) < 4.78 is 5.40. The number of hydrogen-bond donors (Lipinski definition) is 1. The van der Waals surface area contributed by atoms with Gasteiger partial charge < -0.3 is 10.5 Å². The zero-order valence-corrected chi connectivity index (χ0v) is 9.05. The lowest BCUT2D eigenvalue weighted by atomic mass is 10.4. The minimum Gasteiger partial charge on any atom is -0.436 e. The molecule has 0 bridgehead atoms. The quantitative estimate of drug-likeness (QED) is 0.879. The lowest BCUT2D eigenvalue weighted by molar-refractivity contribution is 0.457. The summed E-state index contributed by atoms with van der Waals surface area (Å²) in [6.07, 6.45) is 6.14. The average molecular weight is 237 g/mol. The molecular formula is C10H9ClN4O. The third kappa shape index (κ3) is 2.65. The van der Waals surface area contributed by atoms with Crippen LogP contribution in [0, 0.1) is 0 Å². The Morgan fingerprint density at radius 1 is 1.19 bits per heavy atom. The molecule has 0 aliphatic rings. The standard InChI is InChI=1S/C10H9ClN4O/c11-7-1-9(5-13-3-7)16-10-6-14-8(2-12)4-15-10/h1,3-6H,2,12H2.